The van der Waals surface area contributed by atoms with Crippen LogP contribution in [0.15, 0.2) is 42.5 Å². The Kier molecular flexibility index (Phi) is 4.93. The van der Waals surface area contributed by atoms with E-state index < -0.39 is 22.9 Å². The van der Waals surface area contributed by atoms with Crippen LogP contribution in [0, 0.1) is 10.1 Å². The van der Waals surface area contributed by atoms with Crippen LogP contribution in [0.5, 0.6) is 5.75 Å². The van der Waals surface area contributed by atoms with Crippen molar-refractivity contribution in [1.29, 1.82) is 0 Å². The third kappa shape index (κ3) is 4.59. The lowest BCUT2D eigenvalue weighted by Gasteiger charge is -2.11. The third-order valence-corrected chi connectivity index (χ3v) is 3.05. The van der Waals surface area contributed by atoms with Crippen molar-refractivity contribution in [3.63, 3.8) is 0 Å². The van der Waals surface area contributed by atoms with E-state index in [9.17, 15) is 28.1 Å². The standard InChI is InChI=1S/C14H8ClF3N2O4/c15-12-7-9(20(22)23)4-5-11(12)13(21)19-8-2-1-3-10(6-8)24-14(16,17)18/h1-7H,(H,19,21). The van der Waals surface area contributed by atoms with E-state index in [1.54, 1.807) is 0 Å². The maximum absolute atomic E-state index is 12.2. The Labute approximate surface area is 137 Å². The Morgan fingerprint density at radius 3 is 2.50 bits per heavy atom. The van der Waals surface area contributed by atoms with Crippen molar-refractivity contribution in [2.45, 2.75) is 6.36 Å². The molecule has 126 valence electrons. The average molecular weight is 361 g/mol. The van der Waals surface area contributed by atoms with E-state index >= 15 is 0 Å². The first kappa shape index (κ1) is 17.5. The molecule has 0 aromatic heterocycles. The summed E-state index contributed by atoms with van der Waals surface area (Å²) in [5, 5.41) is 12.8. The first-order valence-electron chi connectivity index (χ1n) is 6.27. The molecule has 0 heterocycles. The number of alkyl halides is 3. The zero-order valence-corrected chi connectivity index (χ0v) is 12.4. The quantitative estimate of drug-likeness (QED) is 0.647. The van der Waals surface area contributed by atoms with Gasteiger partial charge in [-0.3, -0.25) is 14.9 Å². The first-order valence-corrected chi connectivity index (χ1v) is 6.64. The van der Waals surface area contributed by atoms with Crippen molar-refractivity contribution in [3.8, 4) is 5.75 Å². The monoisotopic (exact) mass is 360 g/mol. The maximum Gasteiger partial charge on any atom is 0.573 e. The number of hydrogen-bond donors (Lipinski definition) is 1. The SMILES string of the molecule is O=C(Nc1cccc(OC(F)(F)F)c1)c1ccc([N+](=O)[O-])cc1Cl. The molecule has 0 unspecified atom stereocenters. The molecule has 0 fully saturated rings. The van der Waals surface area contributed by atoms with E-state index in [4.69, 9.17) is 11.6 Å². The van der Waals surface area contributed by atoms with Crippen LogP contribution in [-0.4, -0.2) is 17.2 Å². The summed E-state index contributed by atoms with van der Waals surface area (Å²) in [6, 6.07) is 7.89. The molecule has 0 aliphatic rings. The van der Waals surface area contributed by atoms with Crippen molar-refractivity contribution in [1.82, 2.24) is 0 Å². The summed E-state index contributed by atoms with van der Waals surface area (Å²) in [4.78, 5) is 22.0. The van der Waals surface area contributed by atoms with Gasteiger partial charge in [-0.15, -0.1) is 13.2 Å². The second-order valence-electron chi connectivity index (χ2n) is 4.45. The Morgan fingerprint density at radius 1 is 1.21 bits per heavy atom. The van der Waals surface area contributed by atoms with Crippen molar-refractivity contribution in [2.24, 2.45) is 0 Å². The maximum atomic E-state index is 12.2. The van der Waals surface area contributed by atoms with E-state index in [0.29, 0.717) is 0 Å². The van der Waals surface area contributed by atoms with E-state index in [1.165, 1.54) is 12.1 Å². The number of carbonyl (C=O) groups is 1. The number of non-ortho nitro benzene ring substituents is 1. The van der Waals surface area contributed by atoms with Gasteiger partial charge in [0.15, 0.2) is 0 Å². The van der Waals surface area contributed by atoms with Crippen LogP contribution < -0.4 is 10.1 Å². The van der Waals surface area contributed by atoms with Gasteiger partial charge >= 0.3 is 6.36 Å². The molecule has 2 aromatic rings. The molecule has 0 spiro atoms. The normalized spacial score (nSPS) is 11.0. The second-order valence-corrected chi connectivity index (χ2v) is 4.86. The van der Waals surface area contributed by atoms with Gasteiger partial charge in [0.1, 0.15) is 5.75 Å². The van der Waals surface area contributed by atoms with E-state index in [0.717, 1.165) is 30.3 Å². The highest BCUT2D eigenvalue weighted by Gasteiger charge is 2.31. The molecule has 6 nitrogen and oxygen atoms in total. The lowest BCUT2D eigenvalue weighted by Crippen LogP contribution is -2.17. The summed E-state index contributed by atoms with van der Waals surface area (Å²) in [5.74, 6) is -1.24. The van der Waals surface area contributed by atoms with Gasteiger partial charge in [0.25, 0.3) is 11.6 Å². The van der Waals surface area contributed by atoms with Crippen LogP contribution in [-0.2, 0) is 0 Å². The van der Waals surface area contributed by atoms with Gasteiger partial charge in [-0.1, -0.05) is 17.7 Å². The molecule has 24 heavy (non-hydrogen) atoms. The average Bonchev–Trinajstić information content (AvgIpc) is 2.45. The number of rotatable bonds is 4. The molecule has 0 bridgehead atoms. The molecule has 0 saturated carbocycles. The fraction of sp³-hybridized carbons (Fsp3) is 0.0714. The number of carbonyl (C=O) groups excluding carboxylic acids is 1. The minimum atomic E-state index is -4.86. The van der Waals surface area contributed by atoms with Gasteiger partial charge in [0.05, 0.1) is 15.5 Å². The van der Waals surface area contributed by atoms with Gasteiger partial charge in [-0.2, -0.15) is 0 Å². The van der Waals surface area contributed by atoms with Gasteiger partial charge in [-0.05, 0) is 18.2 Å². The highest BCUT2D eigenvalue weighted by atomic mass is 35.5. The van der Waals surface area contributed by atoms with Crippen molar-refractivity contribution >= 4 is 28.9 Å². The lowest BCUT2D eigenvalue weighted by molar-refractivity contribution is -0.384. The summed E-state index contributed by atoms with van der Waals surface area (Å²) in [6.45, 7) is 0. The van der Waals surface area contributed by atoms with Gasteiger partial charge in [0.2, 0.25) is 0 Å². The summed E-state index contributed by atoms with van der Waals surface area (Å²) in [6.07, 6.45) is -4.86. The lowest BCUT2D eigenvalue weighted by atomic mass is 10.2. The highest BCUT2D eigenvalue weighted by Crippen LogP contribution is 2.27. The number of anilines is 1. The van der Waals surface area contributed by atoms with Gasteiger partial charge in [0, 0.05) is 23.9 Å². The number of nitrogens with zero attached hydrogens (tertiary/aromatic N) is 1. The largest absolute Gasteiger partial charge is 0.573 e. The molecular weight excluding hydrogens is 353 g/mol. The highest BCUT2D eigenvalue weighted by molar-refractivity contribution is 6.34. The van der Waals surface area contributed by atoms with Crippen LogP contribution in [0.4, 0.5) is 24.5 Å². The molecular formula is C14H8ClF3N2O4. The number of nitrogens with one attached hydrogen (secondary N) is 1. The molecule has 10 heteroatoms. The van der Waals surface area contributed by atoms with Gasteiger partial charge < -0.3 is 10.1 Å². The summed E-state index contributed by atoms with van der Waals surface area (Å²) in [5.41, 5.74) is -0.322. The zero-order valence-electron chi connectivity index (χ0n) is 11.6. The predicted octanol–water partition coefficient (Wildman–Crippen LogP) is 4.40. The number of halogens is 4. The minimum absolute atomic E-state index is 0.0381. The van der Waals surface area contributed by atoms with Crippen molar-refractivity contribution < 1.29 is 27.6 Å². The molecule has 1 amide bonds. The Hall–Kier alpha value is -2.81. The topological polar surface area (TPSA) is 81.5 Å². The van der Waals surface area contributed by atoms with Crippen molar-refractivity contribution in [3.05, 3.63) is 63.2 Å². The molecule has 0 atom stereocenters. The Balaban J connectivity index is 2.18. The molecule has 1 N–H and O–H groups in total. The number of nitro benzene ring substituents is 1. The van der Waals surface area contributed by atoms with Crippen LogP contribution in [0.25, 0.3) is 0 Å². The van der Waals surface area contributed by atoms with E-state index in [2.05, 4.69) is 10.1 Å². The Bertz CT molecular complexity index is 796. The Morgan fingerprint density at radius 2 is 1.92 bits per heavy atom. The van der Waals surface area contributed by atoms with Crippen LogP contribution >= 0.6 is 11.6 Å². The molecule has 2 aromatic carbocycles. The van der Waals surface area contributed by atoms with E-state index in [-0.39, 0.29) is 22.0 Å². The molecule has 0 aliphatic carbocycles. The molecule has 0 radical (unpaired) electrons. The number of benzene rings is 2. The van der Waals surface area contributed by atoms with Gasteiger partial charge in [-0.25, -0.2) is 0 Å². The first-order chi connectivity index (χ1) is 11.2. The fourth-order valence-electron chi connectivity index (χ4n) is 1.77. The minimum Gasteiger partial charge on any atom is -0.406 e. The molecule has 0 aliphatic heterocycles. The van der Waals surface area contributed by atoms with Crippen LogP contribution in [0.1, 0.15) is 10.4 Å². The van der Waals surface area contributed by atoms with Crippen LogP contribution in [0.3, 0.4) is 0 Å². The zero-order chi connectivity index (χ0) is 17.9. The summed E-state index contributed by atoms with van der Waals surface area (Å²) < 4.78 is 40.3. The number of amides is 1. The predicted molar refractivity (Wildman–Crippen MR) is 79.2 cm³/mol. The fourth-order valence-corrected chi connectivity index (χ4v) is 2.03. The number of hydrogen-bond acceptors (Lipinski definition) is 4. The summed E-state index contributed by atoms with van der Waals surface area (Å²) in [7, 11) is 0. The number of ether oxygens (including phenoxy) is 1. The molecule has 2 rings (SSSR count). The summed E-state index contributed by atoms with van der Waals surface area (Å²) >= 11 is 5.81. The third-order valence-electron chi connectivity index (χ3n) is 2.73. The number of nitro groups is 1. The van der Waals surface area contributed by atoms with Crippen molar-refractivity contribution in [2.75, 3.05) is 5.32 Å². The van der Waals surface area contributed by atoms with E-state index in [1.807, 2.05) is 0 Å². The molecule has 0 saturated heterocycles. The van der Waals surface area contributed by atoms with Crippen LogP contribution in [0.2, 0.25) is 5.02 Å². The smallest absolute Gasteiger partial charge is 0.406 e. The second kappa shape index (κ2) is 6.75.